The van der Waals surface area contributed by atoms with Crippen molar-refractivity contribution < 1.29 is 19.4 Å². The Morgan fingerprint density at radius 2 is 1.64 bits per heavy atom. The van der Waals surface area contributed by atoms with Gasteiger partial charge in [0.05, 0.1) is 13.2 Å². The van der Waals surface area contributed by atoms with Gasteiger partial charge < -0.3 is 19.5 Å². The summed E-state index contributed by atoms with van der Waals surface area (Å²) in [6.07, 6.45) is 0. The Bertz CT molecular complexity index is 1740. The summed E-state index contributed by atoms with van der Waals surface area (Å²) in [6.45, 7) is 6.73. The average molecular weight is 560 g/mol. The standard InChI is InChI=1S/C35H33N3O4/c1-21-10-12-24(13-11-21)19-38-34(26-14-15-28(29(18-26)41-4)42-20-25-8-6-5-7-9-25)31-32(36-37-33(31)35(38)40)30-23(3)16-22(2)17-27(30)39/h5-18,34,39H,19-20H2,1-4H3,(H,36,37). The number of rotatable bonds is 8. The third kappa shape index (κ3) is 4.98. The number of aromatic nitrogens is 2. The van der Waals surface area contributed by atoms with Crippen LogP contribution in [0.3, 0.4) is 0 Å². The molecule has 0 saturated heterocycles. The van der Waals surface area contributed by atoms with Gasteiger partial charge in [0.2, 0.25) is 0 Å². The largest absolute Gasteiger partial charge is 0.507 e. The number of carbonyl (C=O) groups excluding carboxylic acids is 1. The third-order valence-corrected chi connectivity index (χ3v) is 7.77. The molecule has 212 valence electrons. The van der Waals surface area contributed by atoms with Gasteiger partial charge in [-0.2, -0.15) is 5.10 Å². The number of hydrogen-bond donors (Lipinski definition) is 2. The van der Waals surface area contributed by atoms with E-state index in [-0.39, 0.29) is 11.7 Å². The number of aryl methyl sites for hydroxylation is 3. The molecule has 0 fully saturated rings. The minimum Gasteiger partial charge on any atom is -0.507 e. The summed E-state index contributed by atoms with van der Waals surface area (Å²) >= 11 is 0. The van der Waals surface area contributed by atoms with Crippen LogP contribution in [0, 0.1) is 20.8 Å². The van der Waals surface area contributed by atoms with Crippen LogP contribution in [0.5, 0.6) is 17.2 Å². The second kappa shape index (κ2) is 11.1. The van der Waals surface area contributed by atoms with Crippen molar-refractivity contribution in [3.05, 3.63) is 130 Å². The summed E-state index contributed by atoms with van der Waals surface area (Å²) in [5.74, 6) is 1.16. The second-order valence-electron chi connectivity index (χ2n) is 10.8. The third-order valence-electron chi connectivity index (χ3n) is 7.77. The number of hydrogen-bond acceptors (Lipinski definition) is 5. The van der Waals surface area contributed by atoms with Gasteiger partial charge in [0.1, 0.15) is 23.7 Å². The van der Waals surface area contributed by atoms with E-state index in [2.05, 4.69) is 10.2 Å². The van der Waals surface area contributed by atoms with Crippen molar-refractivity contribution in [1.82, 2.24) is 15.1 Å². The van der Waals surface area contributed by atoms with Crippen molar-refractivity contribution in [3.63, 3.8) is 0 Å². The Labute approximate surface area is 245 Å². The quantitative estimate of drug-likeness (QED) is 0.213. The molecular weight excluding hydrogens is 526 g/mol. The maximum absolute atomic E-state index is 13.9. The van der Waals surface area contributed by atoms with Gasteiger partial charge >= 0.3 is 0 Å². The molecule has 1 aromatic heterocycles. The predicted molar refractivity (Wildman–Crippen MR) is 162 cm³/mol. The Balaban J connectivity index is 1.45. The predicted octanol–water partition coefficient (Wildman–Crippen LogP) is 7.04. The van der Waals surface area contributed by atoms with Crippen LogP contribution in [0.1, 0.15) is 55.5 Å². The van der Waals surface area contributed by atoms with Crippen molar-refractivity contribution in [2.45, 2.75) is 40.0 Å². The lowest BCUT2D eigenvalue weighted by Crippen LogP contribution is -2.29. The fourth-order valence-corrected chi connectivity index (χ4v) is 5.75. The molecule has 42 heavy (non-hydrogen) atoms. The van der Waals surface area contributed by atoms with E-state index in [4.69, 9.17) is 9.47 Å². The van der Waals surface area contributed by atoms with Gasteiger partial charge in [-0.3, -0.25) is 9.89 Å². The molecule has 0 aliphatic carbocycles. The van der Waals surface area contributed by atoms with Crippen molar-refractivity contribution >= 4 is 5.91 Å². The molecule has 0 saturated carbocycles. The minimum absolute atomic E-state index is 0.132. The summed E-state index contributed by atoms with van der Waals surface area (Å²) in [6, 6.07) is 27.2. The van der Waals surface area contributed by atoms with E-state index < -0.39 is 6.04 Å². The van der Waals surface area contributed by atoms with E-state index in [9.17, 15) is 9.90 Å². The van der Waals surface area contributed by atoms with Gasteiger partial charge in [-0.25, -0.2) is 0 Å². The van der Waals surface area contributed by atoms with Crippen LogP contribution in [0.15, 0.2) is 84.9 Å². The Morgan fingerprint density at radius 1 is 0.881 bits per heavy atom. The fraction of sp³-hybridized carbons (Fsp3) is 0.200. The van der Waals surface area contributed by atoms with Crippen molar-refractivity contribution in [2.75, 3.05) is 7.11 Å². The van der Waals surface area contributed by atoms with Gasteiger partial charge in [0.25, 0.3) is 5.91 Å². The van der Waals surface area contributed by atoms with E-state index in [1.165, 1.54) is 0 Å². The number of aromatic hydroxyl groups is 1. The summed E-state index contributed by atoms with van der Waals surface area (Å²) in [7, 11) is 1.61. The highest BCUT2D eigenvalue weighted by Gasteiger charge is 2.43. The average Bonchev–Trinajstić information content (AvgIpc) is 3.51. The van der Waals surface area contributed by atoms with Crippen LogP contribution in [0.2, 0.25) is 0 Å². The molecule has 5 aromatic rings. The molecule has 1 atom stereocenters. The highest BCUT2D eigenvalue weighted by molar-refractivity contribution is 6.00. The zero-order valence-corrected chi connectivity index (χ0v) is 24.1. The molecule has 7 nitrogen and oxygen atoms in total. The van der Waals surface area contributed by atoms with Crippen molar-refractivity contribution in [3.8, 4) is 28.5 Å². The van der Waals surface area contributed by atoms with Gasteiger partial charge in [0, 0.05) is 17.7 Å². The zero-order valence-electron chi connectivity index (χ0n) is 24.1. The topological polar surface area (TPSA) is 87.7 Å². The molecule has 4 aromatic carbocycles. The minimum atomic E-state index is -0.472. The van der Waals surface area contributed by atoms with Crippen molar-refractivity contribution in [1.29, 1.82) is 0 Å². The normalized spacial score (nSPS) is 14.2. The first-order valence-electron chi connectivity index (χ1n) is 13.9. The number of benzene rings is 4. The first kappa shape index (κ1) is 27.1. The summed E-state index contributed by atoms with van der Waals surface area (Å²) < 4.78 is 11.9. The Kier molecular flexibility index (Phi) is 7.17. The van der Waals surface area contributed by atoms with Crippen molar-refractivity contribution in [2.24, 2.45) is 0 Å². The number of ether oxygens (including phenoxy) is 2. The second-order valence-corrected chi connectivity index (χ2v) is 10.8. The van der Waals surface area contributed by atoms with E-state index in [1.54, 1.807) is 13.2 Å². The number of carbonyl (C=O) groups is 1. The van der Waals surface area contributed by atoms with E-state index >= 15 is 0 Å². The first-order valence-corrected chi connectivity index (χ1v) is 13.9. The Hall–Kier alpha value is -5.04. The number of phenolic OH excluding ortho intramolecular Hbond substituents is 1. The first-order chi connectivity index (χ1) is 20.3. The molecule has 2 heterocycles. The fourth-order valence-electron chi connectivity index (χ4n) is 5.75. The maximum atomic E-state index is 13.9. The van der Waals surface area contributed by atoms with Crippen LogP contribution < -0.4 is 9.47 Å². The molecule has 6 rings (SSSR count). The van der Waals surface area contributed by atoms with Crippen LogP contribution >= 0.6 is 0 Å². The number of amides is 1. The number of nitrogens with one attached hydrogen (secondary N) is 1. The maximum Gasteiger partial charge on any atom is 0.273 e. The molecular formula is C35H33N3O4. The number of phenols is 1. The molecule has 7 heteroatoms. The zero-order chi connectivity index (χ0) is 29.4. The van der Waals surface area contributed by atoms with Crippen LogP contribution in [-0.4, -0.2) is 33.2 Å². The number of aromatic amines is 1. The molecule has 2 N–H and O–H groups in total. The smallest absolute Gasteiger partial charge is 0.273 e. The highest BCUT2D eigenvalue weighted by atomic mass is 16.5. The van der Waals surface area contributed by atoms with Crippen LogP contribution in [-0.2, 0) is 13.2 Å². The Morgan fingerprint density at radius 3 is 2.36 bits per heavy atom. The van der Waals surface area contributed by atoms with Crippen LogP contribution in [0.25, 0.3) is 11.3 Å². The molecule has 1 aliphatic rings. The number of methoxy groups -OCH3 is 1. The molecule has 0 spiro atoms. The van der Waals surface area contributed by atoms with Gasteiger partial charge in [-0.1, -0.05) is 72.3 Å². The molecule has 0 bridgehead atoms. The lowest BCUT2D eigenvalue weighted by molar-refractivity contribution is 0.0730. The number of nitrogens with zero attached hydrogens (tertiary/aromatic N) is 2. The van der Waals surface area contributed by atoms with E-state index in [0.717, 1.165) is 38.9 Å². The van der Waals surface area contributed by atoms with Crippen LogP contribution in [0.4, 0.5) is 0 Å². The van der Waals surface area contributed by atoms with E-state index in [0.29, 0.717) is 41.6 Å². The molecule has 1 unspecified atom stereocenters. The lowest BCUT2D eigenvalue weighted by atomic mass is 9.92. The monoisotopic (exact) mass is 559 g/mol. The lowest BCUT2D eigenvalue weighted by Gasteiger charge is -2.27. The summed E-state index contributed by atoms with van der Waals surface area (Å²) in [5.41, 5.74) is 8.23. The van der Waals surface area contributed by atoms with Gasteiger partial charge in [-0.15, -0.1) is 0 Å². The number of fused-ring (bicyclic) bond motifs is 1. The summed E-state index contributed by atoms with van der Waals surface area (Å²) in [5, 5.41) is 18.6. The van der Waals surface area contributed by atoms with Gasteiger partial charge in [0.15, 0.2) is 11.5 Å². The molecule has 1 amide bonds. The summed E-state index contributed by atoms with van der Waals surface area (Å²) in [4.78, 5) is 15.8. The van der Waals surface area contributed by atoms with E-state index in [1.807, 2.05) is 105 Å². The highest BCUT2D eigenvalue weighted by Crippen LogP contribution is 2.47. The molecule has 0 radical (unpaired) electrons. The van der Waals surface area contributed by atoms with Gasteiger partial charge in [-0.05, 0) is 66.8 Å². The number of H-pyrrole nitrogens is 1. The molecule has 1 aliphatic heterocycles. The SMILES string of the molecule is COc1cc(C2c3c(-c4c(C)cc(C)cc4O)n[nH]c3C(=O)N2Cc2ccc(C)cc2)ccc1OCc1ccccc1.